The molecule has 0 fully saturated rings. The lowest BCUT2D eigenvalue weighted by atomic mass is 9.72. The van der Waals surface area contributed by atoms with Crippen LogP contribution in [0.4, 0.5) is 11.4 Å². The Morgan fingerprint density at radius 2 is 2.02 bits per heavy atom. The fraction of sp³-hybridized carbons (Fsp3) is 0.357. The number of carbonyl (C=O) groups excluding carboxylic acids is 1. The second-order valence-corrected chi connectivity index (χ2v) is 12.7. The maximum Gasteiger partial charge on any atom is 0.269 e. The third-order valence-electron chi connectivity index (χ3n) is 6.93. The van der Waals surface area contributed by atoms with Crippen LogP contribution in [0.3, 0.4) is 0 Å². The first-order valence-electron chi connectivity index (χ1n) is 12.7. The second-order valence-electron chi connectivity index (χ2n) is 10.1. The van der Waals surface area contributed by atoms with Gasteiger partial charge in [0, 0.05) is 35.5 Å². The molecule has 40 heavy (non-hydrogen) atoms. The van der Waals surface area contributed by atoms with Crippen molar-refractivity contribution in [1.29, 1.82) is 5.26 Å². The highest BCUT2D eigenvalue weighted by Crippen LogP contribution is 2.47. The van der Waals surface area contributed by atoms with Gasteiger partial charge in [0.25, 0.3) is 5.69 Å². The van der Waals surface area contributed by atoms with E-state index in [0.717, 1.165) is 24.8 Å². The molecule has 0 saturated carbocycles. The van der Waals surface area contributed by atoms with Gasteiger partial charge in [0.15, 0.2) is 11.5 Å². The lowest BCUT2D eigenvalue weighted by molar-refractivity contribution is -0.384. The molecule has 1 aliphatic carbocycles. The molecule has 10 nitrogen and oxygen atoms in total. The first-order valence-corrected chi connectivity index (χ1v) is 15.4. The molecule has 4 rings (SSSR count). The summed E-state index contributed by atoms with van der Waals surface area (Å²) in [6.07, 6.45) is 3.98. The summed E-state index contributed by atoms with van der Waals surface area (Å²) >= 11 is 3.49. The molecule has 2 aromatic carbocycles. The van der Waals surface area contributed by atoms with Crippen molar-refractivity contribution in [2.24, 2.45) is 5.92 Å². The largest absolute Gasteiger partial charge is 0.486 e. The summed E-state index contributed by atoms with van der Waals surface area (Å²) in [5.74, 6) is -0.323. The van der Waals surface area contributed by atoms with Gasteiger partial charge in [-0.15, -0.1) is 0 Å². The van der Waals surface area contributed by atoms with E-state index < -0.39 is 20.9 Å². The molecule has 0 amide bonds. The number of rotatable bonds is 9. The smallest absolute Gasteiger partial charge is 0.269 e. The number of dihydropyridines is 1. The normalized spacial score (nSPS) is 19.0. The second kappa shape index (κ2) is 11.8. The Morgan fingerprint density at radius 3 is 2.67 bits per heavy atom. The highest BCUT2D eigenvalue weighted by Gasteiger charge is 2.39. The Kier molecular flexibility index (Phi) is 8.65. The Hall–Kier alpha value is -3.69. The highest BCUT2D eigenvalue weighted by atomic mass is 79.9. The molecule has 0 saturated heterocycles. The molecule has 2 atom stereocenters. The summed E-state index contributed by atoms with van der Waals surface area (Å²) in [6, 6.07) is 11.5. The molecule has 1 aliphatic heterocycles. The van der Waals surface area contributed by atoms with E-state index >= 15 is 0 Å². The number of ether oxygens (including phenoxy) is 1. The molecule has 1 heterocycles. The van der Waals surface area contributed by atoms with Crippen LogP contribution in [0.5, 0.6) is 5.75 Å². The van der Waals surface area contributed by atoms with Gasteiger partial charge in [-0.2, -0.15) is 5.26 Å². The Balaban J connectivity index is 1.79. The summed E-state index contributed by atoms with van der Waals surface area (Å²) in [5, 5.41) is 24.5. The van der Waals surface area contributed by atoms with E-state index in [9.17, 15) is 28.6 Å². The third kappa shape index (κ3) is 6.37. The minimum atomic E-state index is -3.75. The average molecular weight is 630 g/mol. The SMILES string of the molecule is CCCC1CC(=O)C2=C(C1)NC(C)=C(C#N)C2c1cc(Br)c(OCc2cccc([N+](=O)[O-])c2)c(NS(C)(=O)=O)c1. The van der Waals surface area contributed by atoms with Gasteiger partial charge >= 0.3 is 0 Å². The molecule has 0 aromatic heterocycles. The number of non-ortho nitro benzene ring substituents is 1. The summed E-state index contributed by atoms with van der Waals surface area (Å²) in [4.78, 5) is 24.1. The van der Waals surface area contributed by atoms with Gasteiger partial charge in [0.05, 0.1) is 38.9 Å². The van der Waals surface area contributed by atoms with Crippen LogP contribution in [-0.2, 0) is 21.4 Å². The number of nitro groups is 1. The number of ketones is 1. The van der Waals surface area contributed by atoms with Crippen molar-refractivity contribution in [3.63, 3.8) is 0 Å². The van der Waals surface area contributed by atoms with E-state index in [-0.39, 0.29) is 35.4 Å². The van der Waals surface area contributed by atoms with Gasteiger partial charge in [0.2, 0.25) is 10.0 Å². The molecule has 210 valence electrons. The fourth-order valence-corrected chi connectivity index (χ4v) is 6.48. The van der Waals surface area contributed by atoms with Gasteiger partial charge in [-0.3, -0.25) is 19.6 Å². The molecule has 2 unspecified atom stereocenters. The number of carbonyl (C=O) groups is 1. The van der Waals surface area contributed by atoms with Crippen LogP contribution in [0, 0.1) is 27.4 Å². The lowest BCUT2D eigenvalue weighted by Gasteiger charge is -2.35. The summed E-state index contributed by atoms with van der Waals surface area (Å²) in [6.45, 7) is 3.81. The van der Waals surface area contributed by atoms with Crippen LogP contribution >= 0.6 is 15.9 Å². The van der Waals surface area contributed by atoms with Crippen molar-refractivity contribution in [3.8, 4) is 11.8 Å². The average Bonchev–Trinajstić information content (AvgIpc) is 2.86. The van der Waals surface area contributed by atoms with Crippen molar-refractivity contribution >= 4 is 43.1 Å². The zero-order valence-corrected chi connectivity index (χ0v) is 24.7. The van der Waals surface area contributed by atoms with Crippen molar-refractivity contribution in [1.82, 2.24) is 5.32 Å². The summed E-state index contributed by atoms with van der Waals surface area (Å²) < 4.78 is 33.4. The Labute approximate surface area is 241 Å². The number of nitro benzene ring substituents is 1. The number of Topliss-reactive ketones (excluding diaryl/α,β-unsaturated/α-hetero) is 1. The standard InChI is InChI=1S/C28H29BrN4O6S/c1-4-6-17-10-23-27(25(34)11-17)26(21(14-30)16(2)31-23)19-12-22(29)28(24(13-19)32-40(3,37)38)39-15-18-7-5-8-20(9-18)33(35)36/h5,7-9,12-13,17,26,31-32H,4,6,10-11,15H2,1-3H3. The number of hydrogen-bond donors (Lipinski definition) is 2. The van der Waals surface area contributed by atoms with E-state index in [1.807, 2.05) is 0 Å². The summed E-state index contributed by atoms with van der Waals surface area (Å²) in [7, 11) is -3.75. The van der Waals surface area contributed by atoms with Crippen molar-refractivity contribution in [2.75, 3.05) is 11.0 Å². The van der Waals surface area contributed by atoms with E-state index in [2.05, 4.69) is 39.0 Å². The molecule has 2 N–H and O–H groups in total. The highest BCUT2D eigenvalue weighted by molar-refractivity contribution is 9.10. The molecular formula is C28H29BrN4O6S. The molecular weight excluding hydrogens is 600 g/mol. The first kappa shape index (κ1) is 29.3. The third-order valence-corrected chi connectivity index (χ3v) is 8.11. The zero-order valence-electron chi connectivity index (χ0n) is 22.3. The van der Waals surface area contributed by atoms with Crippen molar-refractivity contribution < 1.29 is 22.9 Å². The molecule has 0 spiro atoms. The van der Waals surface area contributed by atoms with Gasteiger partial charge < -0.3 is 10.1 Å². The fourth-order valence-electron chi connectivity index (χ4n) is 5.33. The zero-order chi connectivity index (χ0) is 29.2. The number of sulfonamides is 1. The Bertz CT molecular complexity index is 1590. The quantitative estimate of drug-likeness (QED) is 0.260. The minimum Gasteiger partial charge on any atom is -0.486 e. The number of nitriles is 1. The maximum atomic E-state index is 13.4. The van der Waals surface area contributed by atoms with Crippen LogP contribution in [0.25, 0.3) is 0 Å². The van der Waals surface area contributed by atoms with E-state index in [0.29, 0.717) is 45.3 Å². The maximum absolute atomic E-state index is 13.4. The molecule has 0 radical (unpaired) electrons. The van der Waals surface area contributed by atoms with Crippen LogP contribution in [-0.4, -0.2) is 25.4 Å². The van der Waals surface area contributed by atoms with Crippen LogP contribution < -0.4 is 14.8 Å². The number of benzene rings is 2. The van der Waals surface area contributed by atoms with Crippen LogP contribution in [0.15, 0.2) is 63.4 Å². The van der Waals surface area contributed by atoms with Gasteiger partial charge in [-0.25, -0.2) is 8.42 Å². The molecule has 2 aliphatic rings. The topological polar surface area (TPSA) is 151 Å². The van der Waals surface area contributed by atoms with Gasteiger partial charge in [-0.05, 0) is 64.9 Å². The number of allylic oxidation sites excluding steroid dienone is 4. The number of anilines is 1. The van der Waals surface area contributed by atoms with Crippen LogP contribution in [0.2, 0.25) is 0 Å². The molecule has 12 heteroatoms. The van der Waals surface area contributed by atoms with Crippen molar-refractivity contribution in [2.45, 2.75) is 52.1 Å². The number of halogens is 1. The molecule has 2 aromatic rings. The minimum absolute atomic E-state index is 0.0304. The van der Waals surface area contributed by atoms with E-state index in [1.54, 1.807) is 25.1 Å². The van der Waals surface area contributed by atoms with E-state index in [1.165, 1.54) is 18.2 Å². The first-order chi connectivity index (χ1) is 18.9. The van der Waals surface area contributed by atoms with Crippen molar-refractivity contribution in [3.05, 3.63) is 84.7 Å². The predicted octanol–water partition coefficient (Wildman–Crippen LogP) is 5.83. The molecule has 0 bridgehead atoms. The van der Waals surface area contributed by atoms with E-state index in [4.69, 9.17) is 4.74 Å². The van der Waals surface area contributed by atoms with Gasteiger partial charge in [0.1, 0.15) is 6.61 Å². The predicted molar refractivity (Wildman–Crippen MR) is 154 cm³/mol. The van der Waals surface area contributed by atoms with Crippen LogP contribution in [0.1, 0.15) is 56.6 Å². The number of nitrogens with zero attached hydrogens (tertiary/aromatic N) is 2. The number of hydrogen-bond acceptors (Lipinski definition) is 8. The summed E-state index contributed by atoms with van der Waals surface area (Å²) in [5.41, 5.74) is 3.44. The Morgan fingerprint density at radius 1 is 1.27 bits per heavy atom. The van der Waals surface area contributed by atoms with Gasteiger partial charge in [-0.1, -0.05) is 25.5 Å². The monoisotopic (exact) mass is 628 g/mol. The number of nitrogens with one attached hydrogen (secondary N) is 2. The lowest BCUT2D eigenvalue weighted by Crippen LogP contribution is -2.34.